The largest absolute Gasteiger partial charge is 0.481 e. The van der Waals surface area contributed by atoms with Gasteiger partial charge in [-0.3, -0.25) is 9.59 Å². The lowest BCUT2D eigenvalue weighted by Crippen LogP contribution is -2.46. The number of hydrogen-bond acceptors (Lipinski definition) is 7. The smallest absolute Gasteiger partial charge is 0.303 e. The van der Waals surface area contributed by atoms with E-state index in [1.54, 1.807) is 6.20 Å². The van der Waals surface area contributed by atoms with Gasteiger partial charge in [0, 0.05) is 18.0 Å². The Hall–Kier alpha value is -2.26. The number of aliphatic carboxylic acids is 1. The zero-order chi connectivity index (χ0) is 22.9. The van der Waals surface area contributed by atoms with Crippen molar-refractivity contribution < 1.29 is 24.2 Å². The molecule has 176 valence electrons. The van der Waals surface area contributed by atoms with Gasteiger partial charge in [-0.15, -0.1) is 0 Å². The quantitative estimate of drug-likeness (QED) is 0.583. The number of aromatic nitrogens is 2. The van der Waals surface area contributed by atoms with Crippen LogP contribution in [0.5, 0.6) is 0 Å². The molecule has 1 aliphatic carbocycles. The molecule has 2 aliphatic heterocycles. The van der Waals surface area contributed by atoms with E-state index < -0.39 is 11.4 Å². The molecular weight excluding hydrogens is 412 g/mol. The van der Waals surface area contributed by atoms with Crippen molar-refractivity contribution in [3.05, 3.63) is 18.0 Å². The fourth-order valence-electron chi connectivity index (χ4n) is 5.22. The van der Waals surface area contributed by atoms with Crippen LogP contribution in [0, 0.1) is 5.41 Å². The Balaban J connectivity index is 1.34. The molecule has 3 N–H and O–H groups in total. The SMILES string of the molecule is CC(C)(C)c1ccnc(N[C@H]2CO[C@H]3[C@@H]2OC[C@@H]3NC(=O)CC2(CC(=O)O)CCCC2)n1. The molecule has 0 spiro atoms. The Kier molecular flexibility index (Phi) is 6.40. The molecule has 3 heterocycles. The van der Waals surface area contributed by atoms with Gasteiger partial charge in [-0.2, -0.15) is 0 Å². The molecule has 32 heavy (non-hydrogen) atoms. The summed E-state index contributed by atoms with van der Waals surface area (Å²) in [5.41, 5.74) is 0.445. The van der Waals surface area contributed by atoms with Crippen LogP contribution in [-0.2, 0) is 24.5 Å². The second-order valence-electron chi connectivity index (χ2n) is 10.5. The third-order valence-electron chi connectivity index (χ3n) is 6.86. The van der Waals surface area contributed by atoms with Gasteiger partial charge in [-0.1, -0.05) is 33.6 Å². The molecule has 0 radical (unpaired) electrons. The number of hydrogen-bond donors (Lipinski definition) is 3. The molecule has 1 aromatic heterocycles. The van der Waals surface area contributed by atoms with Crippen LogP contribution in [0.4, 0.5) is 5.95 Å². The highest BCUT2D eigenvalue weighted by atomic mass is 16.6. The molecule has 3 fully saturated rings. The summed E-state index contributed by atoms with van der Waals surface area (Å²) < 4.78 is 12.0. The van der Waals surface area contributed by atoms with E-state index in [1.165, 1.54) is 0 Å². The van der Waals surface area contributed by atoms with E-state index in [-0.39, 0.29) is 48.5 Å². The molecule has 9 nitrogen and oxygen atoms in total. The van der Waals surface area contributed by atoms with E-state index in [0.29, 0.717) is 19.2 Å². The van der Waals surface area contributed by atoms with Crippen molar-refractivity contribution in [2.75, 3.05) is 18.5 Å². The first-order valence-electron chi connectivity index (χ1n) is 11.5. The third-order valence-corrected chi connectivity index (χ3v) is 6.86. The number of carboxylic acids is 1. The van der Waals surface area contributed by atoms with E-state index in [1.807, 2.05) is 6.07 Å². The van der Waals surface area contributed by atoms with Gasteiger partial charge in [0.25, 0.3) is 0 Å². The minimum absolute atomic E-state index is 0.0454. The number of nitrogens with one attached hydrogen (secondary N) is 2. The summed E-state index contributed by atoms with van der Waals surface area (Å²) in [6.45, 7) is 7.12. The van der Waals surface area contributed by atoms with Crippen LogP contribution in [0.2, 0.25) is 0 Å². The second kappa shape index (κ2) is 8.94. The molecule has 0 unspecified atom stereocenters. The van der Waals surface area contributed by atoms with Crippen molar-refractivity contribution >= 4 is 17.8 Å². The maximum Gasteiger partial charge on any atom is 0.303 e. The van der Waals surface area contributed by atoms with Crippen molar-refractivity contribution in [1.82, 2.24) is 15.3 Å². The summed E-state index contributed by atoms with van der Waals surface area (Å²) in [6.07, 6.45) is 5.11. The number of ether oxygens (including phenoxy) is 2. The standard InChI is InChI=1S/C23H34N4O5/c1-22(2,3)16-6-9-24-21(27-16)26-15-13-32-19-14(12-31-20(15)19)25-17(28)10-23(11-18(29)30)7-4-5-8-23/h6,9,14-15,19-20H,4-5,7-8,10-13H2,1-3H3,(H,25,28)(H,29,30)(H,24,26,27)/t14-,15-,19+,20+/m0/s1. The monoisotopic (exact) mass is 446 g/mol. The number of fused-ring (bicyclic) bond motifs is 1. The zero-order valence-corrected chi connectivity index (χ0v) is 19.1. The highest BCUT2D eigenvalue weighted by molar-refractivity contribution is 5.78. The van der Waals surface area contributed by atoms with E-state index in [2.05, 4.69) is 41.4 Å². The Morgan fingerprint density at radius 2 is 1.78 bits per heavy atom. The molecular formula is C23H34N4O5. The van der Waals surface area contributed by atoms with Gasteiger partial charge in [0.2, 0.25) is 11.9 Å². The highest BCUT2D eigenvalue weighted by Gasteiger charge is 2.49. The average Bonchev–Trinajstić information content (AvgIpc) is 3.40. The van der Waals surface area contributed by atoms with E-state index in [4.69, 9.17) is 9.47 Å². The van der Waals surface area contributed by atoms with Crippen molar-refractivity contribution in [3.8, 4) is 0 Å². The lowest BCUT2D eigenvalue weighted by Gasteiger charge is -2.27. The molecule has 4 rings (SSSR count). The van der Waals surface area contributed by atoms with Crippen molar-refractivity contribution in [2.24, 2.45) is 5.41 Å². The van der Waals surface area contributed by atoms with Gasteiger partial charge >= 0.3 is 5.97 Å². The number of carboxylic acid groups (broad SMARTS) is 1. The Bertz CT molecular complexity index is 849. The summed E-state index contributed by atoms with van der Waals surface area (Å²) in [5.74, 6) is -0.419. The number of carbonyl (C=O) groups excluding carboxylic acids is 1. The predicted molar refractivity (Wildman–Crippen MR) is 117 cm³/mol. The second-order valence-corrected chi connectivity index (χ2v) is 10.5. The fourth-order valence-corrected chi connectivity index (χ4v) is 5.22. The maximum absolute atomic E-state index is 12.8. The lowest BCUT2D eigenvalue weighted by molar-refractivity contribution is -0.140. The van der Waals surface area contributed by atoms with Gasteiger partial charge in [-0.25, -0.2) is 9.97 Å². The van der Waals surface area contributed by atoms with Gasteiger partial charge in [0.05, 0.1) is 37.4 Å². The molecule has 0 bridgehead atoms. The predicted octanol–water partition coefficient (Wildman–Crippen LogP) is 2.26. The van der Waals surface area contributed by atoms with E-state index in [9.17, 15) is 14.7 Å². The van der Waals surface area contributed by atoms with Crippen LogP contribution in [0.25, 0.3) is 0 Å². The number of amides is 1. The zero-order valence-electron chi connectivity index (χ0n) is 19.1. The van der Waals surface area contributed by atoms with Crippen LogP contribution in [0.15, 0.2) is 12.3 Å². The van der Waals surface area contributed by atoms with Crippen LogP contribution in [-0.4, -0.2) is 64.5 Å². The molecule has 1 amide bonds. The van der Waals surface area contributed by atoms with Crippen molar-refractivity contribution in [3.63, 3.8) is 0 Å². The van der Waals surface area contributed by atoms with Gasteiger partial charge < -0.3 is 25.2 Å². The normalized spacial score (nSPS) is 29.0. The molecule has 3 aliphatic rings. The number of rotatable bonds is 7. The Morgan fingerprint density at radius 1 is 1.12 bits per heavy atom. The number of nitrogens with zero attached hydrogens (tertiary/aromatic N) is 2. The number of anilines is 1. The molecule has 1 aromatic rings. The van der Waals surface area contributed by atoms with Gasteiger partial charge in [0.15, 0.2) is 0 Å². The summed E-state index contributed by atoms with van der Waals surface area (Å²) in [5, 5.41) is 15.7. The molecule has 0 aromatic carbocycles. The van der Waals surface area contributed by atoms with Gasteiger partial charge in [-0.05, 0) is 24.3 Å². The van der Waals surface area contributed by atoms with Crippen molar-refractivity contribution in [1.29, 1.82) is 0 Å². The molecule has 4 atom stereocenters. The third kappa shape index (κ3) is 5.04. The molecule has 2 saturated heterocycles. The lowest BCUT2D eigenvalue weighted by atomic mass is 9.79. The topological polar surface area (TPSA) is 123 Å². The minimum atomic E-state index is -0.838. The molecule has 9 heteroatoms. The summed E-state index contributed by atoms with van der Waals surface area (Å²) in [4.78, 5) is 33.1. The first-order valence-corrected chi connectivity index (χ1v) is 11.5. The molecule has 1 saturated carbocycles. The summed E-state index contributed by atoms with van der Waals surface area (Å²) in [6, 6.07) is 1.56. The average molecular weight is 447 g/mol. The van der Waals surface area contributed by atoms with Gasteiger partial charge in [0.1, 0.15) is 12.2 Å². The Morgan fingerprint density at radius 3 is 2.44 bits per heavy atom. The fraction of sp³-hybridized carbons (Fsp3) is 0.739. The first kappa shape index (κ1) is 22.9. The minimum Gasteiger partial charge on any atom is -0.481 e. The van der Waals surface area contributed by atoms with Crippen LogP contribution < -0.4 is 10.6 Å². The van der Waals surface area contributed by atoms with E-state index >= 15 is 0 Å². The van der Waals surface area contributed by atoms with Crippen molar-refractivity contribution in [2.45, 2.75) is 89.0 Å². The summed E-state index contributed by atoms with van der Waals surface area (Å²) >= 11 is 0. The number of carbonyl (C=O) groups is 2. The summed E-state index contributed by atoms with van der Waals surface area (Å²) in [7, 11) is 0. The Labute approximate surface area is 188 Å². The highest BCUT2D eigenvalue weighted by Crippen LogP contribution is 2.44. The first-order chi connectivity index (χ1) is 15.2. The van der Waals surface area contributed by atoms with Crippen LogP contribution in [0.3, 0.4) is 0 Å². The van der Waals surface area contributed by atoms with Crippen LogP contribution >= 0.6 is 0 Å². The van der Waals surface area contributed by atoms with E-state index in [0.717, 1.165) is 31.4 Å². The maximum atomic E-state index is 12.8. The van der Waals surface area contributed by atoms with Crippen LogP contribution in [0.1, 0.15) is 65.0 Å².